The van der Waals surface area contributed by atoms with E-state index in [1.165, 1.54) is 13.2 Å². The van der Waals surface area contributed by atoms with E-state index >= 15 is 0 Å². The first kappa shape index (κ1) is 10.8. The van der Waals surface area contributed by atoms with Crippen LogP contribution in [-0.2, 0) is 16.6 Å². The number of aromatic nitrogens is 2. The van der Waals surface area contributed by atoms with Gasteiger partial charge in [-0.3, -0.25) is 4.68 Å². The molecule has 76 valence electrons. The number of nitrogens with zero attached hydrogens (tertiary/aromatic N) is 2. The third-order valence-corrected chi connectivity index (χ3v) is 2.23. The molecule has 0 unspecified atom stereocenters. The first-order valence-electron chi connectivity index (χ1n) is 4.01. The standard InChI is InChI=1S/C9H11ClN2O2/c1-6-7(4-5-8(13)14-3)9(10)12(2)11-6/h4-5H,1-3H3/b5-4+. The van der Waals surface area contributed by atoms with Gasteiger partial charge in [-0.1, -0.05) is 11.6 Å². The number of rotatable bonds is 2. The zero-order chi connectivity index (χ0) is 10.7. The van der Waals surface area contributed by atoms with Crippen molar-refractivity contribution in [1.29, 1.82) is 0 Å². The Kier molecular flexibility index (Phi) is 3.30. The van der Waals surface area contributed by atoms with Gasteiger partial charge in [0.2, 0.25) is 0 Å². The van der Waals surface area contributed by atoms with Crippen molar-refractivity contribution in [1.82, 2.24) is 9.78 Å². The van der Waals surface area contributed by atoms with Gasteiger partial charge in [-0.25, -0.2) is 4.79 Å². The number of halogens is 1. The fraction of sp³-hybridized carbons (Fsp3) is 0.333. The molecule has 0 saturated carbocycles. The van der Waals surface area contributed by atoms with Gasteiger partial charge >= 0.3 is 5.97 Å². The van der Waals surface area contributed by atoms with Crippen molar-refractivity contribution in [3.05, 3.63) is 22.5 Å². The molecule has 1 aromatic rings. The summed E-state index contributed by atoms with van der Waals surface area (Å²) < 4.78 is 6.01. The number of hydrogen-bond acceptors (Lipinski definition) is 3. The molecule has 5 heteroatoms. The summed E-state index contributed by atoms with van der Waals surface area (Å²) in [7, 11) is 3.06. The van der Waals surface area contributed by atoms with Gasteiger partial charge in [0.05, 0.1) is 12.8 Å². The van der Waals surface area contributed by atoms with E-state index < -0.39 is 5.97 Å². The van der Waals surface area contributed by atoms with Gasteiger partial charge < -0.3 is 4.74 Å². The lowest BCUT2D eigenvalue weighted by Crippen LogP contribution is -1.93. The average Bonchev–Trinajstić information content (AvgIpc) is 2.39. The molecule has 0 aromatic carbocycles. The second-order valence-corrected chi connectivity index (χ2v) is 3.13. The van der Waals surface area contributed by atoms with E-state index in [1.807, 2.05) is 6.92 Å². The van der Waals surface area contributed by atoms with Gasteiger partial charge in [0.25, 0.3) is 0 Å². The number of aryl methyl sites for hydroxylation is 2. The van der Waals surface area contributed by atoms with Gasteiger partial charge in [0, 0.05) is 18.7 Å². The fourth-order valence-electron chi connectivity index (χ4n) is 1.06. The summed E-state index contributed by atoms with van der Waals surface area (Å²) in [6, 6.07) is 0. The first-order valence-corrected chi connectivity index (χ1v) is 4.39. The molecule has 0 radical (unpaired) electrons. The molecule has 1 rings (SSSR count). The average molecular weight is 215 g/mol. The van der Waals surface area contributed by atoms with Crippen molar-refractivity contribution in [3.8, 4) is 0 Å². The number of carbonyl (C=O) groups is 1. The van der Waals surface area contributed by atoms with Crippen molar-refractivity contribution in [2.45, 2.75) is 6.92 Å². The van der Waals surface area contributed by atoms with Gasteiger partial charge in [-0.05, 0) is 13.0 Å². The van der Waals surface area contributed by atoms with Gasteiger partial charge in [0.1, 0.15) is 5.15 Å². The molecular weight excluding hydrogens is 204 g/mol. The van der Waals surface area contributed by atoms with Gasteiger partial charge in [-0.15, -0.1) is 0 Å². The van der Waals surface area contributed by atoms with Crippen LogP contribution in [0.15, 0.2) is 6.08 Å². The SMILES string of the molecule is COC(=O)/C=C/c1c(C)nn(C)c1Cl. The summed E-state index contributed by atoms with van der Waals surface area (Å²) >= 11 is 5.94. The maximum Gasteiger partial charge on any atom is 0.330 e. The summed E-state index contributed by atoms with van der Waals surface area (Å²) in [6.07, 6.45) is 2.91. The lowest BCUT2D eigenvalue weighted by Gasteiger charge is -1.92. The zero-order valence-corrected chi connectivity index (χ0v) is 9.00. The van der Waals surface area contributed by atoms with Crippen LogP contribution in [0.2, 0.25) is 5.15 Å². The van der Waals surface area contributed by atoms with E-state index in [1.54, 1.807) is 17.8 Å². The van der Waals surface area contributed by atoms with Crippen LogP contribution in [0.5, 0.6) is 0 Å². The molecule has 1 aromatic heterocycles. The van der Waals surface area contributed by atoms with Crippen molar-refractivity contribution in [2.24, 2.45) is 7.05 Å². The quantitative estimate of drug-likeness (QED) is 0.555. The molecule has 0 amide bonds. The third kappa shape index (κ3) is 2.14. The van der Waals surface area contributed by atoms with E-state index in [4.69, 9.17) is 11.6 Å². The van der Waals surface area contributed by atoms with E-state index in [-0.39, 0.29) is 0 Å². The number of methoxy groups -OCH3 is 1. The van der Waals surface area contributed by atoms with Crippen molar-refractivity contribution in [3.63, 3.8) is 0 Å². The molecule has 0 spiro atoms. The maximum absolute atomic E-state index is 10.8. The van der Waals surface area contributed by atoms with Crippen LogP contribution in [0.3, 0.4) is 0 Å². The Morgan fingerprint density at radius 2 is 2.29 bits per heavy atom. The molecule has 0 fully saturated rings. The second kappa shape index (κ2) is 4.28. The highest BCUT2D eigenvalue weighted by Crippen LogP contribution is 2.19. The highest BCUT2D eigenvalue weighted by molar-refractivity contribution is 6.31. The fourth-order valence-corrected chi connectivity index (χ4v) is 1.29. The summed E-state index contributed by atoms with van der Waals surface area (Å²) in [4.78, 5) is 10.8. The van der Waals surface area contributed by atoms with E-state index in [0.29, 0.717) is 5.15 Å². The Morgan fingerprint density at radius 1 is 1.64 bits per heavy atom. The van der Waals surface area contributed by atoms with Crippen molar-refractivity contribution >= 4 is 23.6 Å². The number of carbonyl (C=O) groups excluding carboxylic acids is 1. The molecule has 0 aliphatic carbocycles. The number of hydrogen-bond donors (Lipinski definition) is 0. The number of ether oxygens (including phenoxy) is 1. The smallest absolute Gasteiger partial charge is 0.330 e. The van der Waals surface area contributed by atoms with Crippen molar-refractivity contribution in [2.75, 3.05) is 7.11 Å². The molecule has 0 aliphatic heterocycles. The normalized spacial score (nSPS) is 10.9. The highest BCUT2D eigenvalue weighted by atomic mass is 35.5. The second-order valence-electron chi connectivity index (χ2n) is 2.77. The van der Waals surface area contributed by atoms with Crippen LogP contribution in [0.4, 0.5) is 0 Å². The highest BCUT2D eigenvalue weighted by Gasteiger charge is 2.07. The Balaban J connectivity index is 2.97. The van der Waals surface area contributed by atoms with Crippen LogP contribution in [-0.4, -0.2) is 22.9 Å². The van der Waals surface area contributed by atoms with Crippen molar-refractivity contribution < 1.29 is 9.53 Å². The van der Waals surface area contributed by atoms with Crippen LogP contribution < -0.4 is 0 Å². The predicted molar refractivity (Wildman–Crippen MR) is 54.0 cm³/mol. The van der Waals surface area contributed by atoms with Crippen LogP contribution in [0.1, 0.15) is 11.3 Å². The van der Waals surface area contributed by atoms with Gasteiger partial charge in [-0.2, -0.15) is 5.10 Å². The molecule has 0 N–H and O–H groups in total. The first-order chi connectivity index (χ1) is 6.56. The molecule has 1 heterocycles. The lowest BCUT2D eigenvalue weighted by molar-refractivity contribution is -0.134. The summed E-state index contributed by atoms with van der Waals surface area (Å²) in [5, 5.41) is 4.60. The lowest BCUT2D eigenvalue weighted by atomic mass is 10.2. The van der Waals surface area contributed by atoms with Crippen LogP contribution >= 0.6 is 11.6 Å². The van der Waals surface area contributed by atoms with Gasteiger partial charge in [0.15, 0.2) is 0 Å². The monoisotopic (exact) mass is 214 g/mol. The van der Waals surface area contributed by atoms with E-state index in [9.17, 15) is 4.79 Å². The molecule has 4 nitrogen and oxygen atoms in total. The minimum atomic E-state index is -0.413. The maximum atomic E-state index is 10.8. The Morgan fingerprint density at radius 3 is 2.71 bits per heavy atom. The zero-order valence-electron chi connectivity index (χ0n) is 8.24. The molecule has 14 heavy (non-hydrogen) atoms. The molecular formula is C9H11ClN2O2. The topological polar surface area (TPSA) is 44.1 Å². The molecule has 0 atom stereocenters. The number of esters is 1. The minimum Gasteiger partial charge on any atom is -0.466 e. The Hall–Kier alpha value is -1.29. The third-order valence-electron chi connectivity index (χ3n) is 1.78. The molecule has 0 aliphatic rings. The van der Waals surface area contributed by atoms with E-state index in [0.717, 1.165) is 11.3 Å². The van der Waals surface area contributed by atoms with Crippen LogP contribution in [0.25, 0.3) is 6.08 Å². The predicted octanol–water partition coefficient (Wildman–Crippen LogP) is 1.57. The summed E-state index contributed by atoms with van der Waals surface area (Å²) in [5.41, 5.74) is 1.51. The van der Waals surface area contributed by atoms with E-state index in [2.05, 4.69) is 9.84 Å². The largest absolute Gasteiger partial charge is 0.466 e. The summed E-state index contributed by atoms with van der Waals surface area (Å²) in [5.74, 6) is -0.413. The molecule has 0 bridgehead atoms. The minimum absolute atomic E-state index is 0.413. The summed E-state index contributed by atoms with van der Waals surface area (Å²) in [6.45, 7) is 1.82. The molecule has 0 saturated heterocycles. The Labute approximate surface area is 87.1 Å². The Bertz CT molecular complexity index is 382. The van der Waals surface area contributed by atoms with Crippen LogP contribution in [0, 0.1) is 6.92 Å².